The van der Waals surface area contributed by atoms with Gasteiger partial charge in [-0.05, 0) is 79.8 Å². The molecule has 2 saturated heterocycles. The summed E-state index contributed by atoms with van der Waals surface area (Å²) in [7, 11) is 0. The molecule has 3 fully saturated rings. The van der Waals surface area contributed by atoms with Crippen molar-refractivity contribution in [3.05, 3.63) is 69.2 Å². The van der Waals surface area contributed by atoms with Gasteiger partial charge in [0.15, 0.2) is 0 Å². The molecule has 1 saturated carbocycles. The van der Waals surface area contributed by atoms with E-state index in [9.17, 15) is 9.59 Å². The molecule has 1 N–H and O–H groups in total. The van der Waals surface area contributed by atoms with Crippen LogP contribution in [0.15, 0.2) is 42.5 Å². The Labute approximate surface area is 224 Å². The fraction of sp³-hybridized carbons (Fsp3) is 0.533. The Balaban J connectivity index is 1.48. The van der Waals surface area contributed by atoms with E-state index in [1.54, 1.807) is 0 Å². The van der Waals surface area contributed by atoms with Crippen molar-refractivity contribution in [1.29, 1.82) is 0 Å². The Bertz CT molecular complexity index is 1130. The van der Waals surface area contributed by atoms with Crippen LogP contribution in [0.5, 0.6) is 0 Å². The van der Waals surface area contributed by atoms with E-state index in [4.69, 9.17) is 23.2 Å². The zero-order chi connectivity index (χ0) is 25.4. The van der Waals surface area contributed by atoms with Crippen molar-refractivity contribution in [3.8, 4) is 0 Å². The normalized spacial score (nSPS) is 30.8. The van der Waals surface area contributed by atoms with E-state index in [0.29, 0.717) is 15.6 Å². The van der Waals surface area contributed by atoms with Gasteiger partial charge in [0.05, 0.1) is 5.41 Å². The maximum atomic E-state index is 13.3. The Morgan fingerprint density at radius 3 is 2.33 bits per heavy atom. The topological polar surface area (TPSA) is 49.4 Å². The van der Waals surface area contributed by atoms with Crippen LogP contribution < -0.4 is 5.32 Å². The zero-order valence-electron chi connectivity index (χ0n) is 21.2. The predicted molar refractivity (Wildman–Crippen MR) is 146 cm³/mol. The SMILES string of the molecule is C[C@H]1NC(=O)[C@]2(C)CC[C@@H](c3ccc(C(=O)N4CCCCCCC4)cc3Cl)[C@H](c3ccc(Cl)cc3)[C@H]12. The van der Waals surface area contributed by atoms with Crippen molar-refractivity contribution in [1.82, 2.24) is 10.2 Å². The van der Waals surface area contributed by atoms with Gasteiger partial charge < -0.3 is 10.2 Å². The summed E-state index contributed by atoms with van der Waals surface area (Å²) in [4.78, 5) is 28.3. The first-order valence-corrected chi connectivity index (χ1v) is 14.2. The predicted octanol–water partition coefficient (Wildman–Crippen LogP) is 7.20. The molecule has 0 bridgehead atoms. The molecule has 2 heterocycles. The average molecular weight is 528 g/mol. The van der Waals surface area contributed by atoms with Crippen molar-refractivity contribution in [2.24, 2.45) is 11.3 Å². The number of fused-ring (bicyclic) bond motifs is 1. The monoisotopic (exact) mass is 526 g/mol. The smallest absolute Gasteiger partial charge is 0.253 e. The van der Waals surface area contributed by atoms with Gasteiger partial charge in [-0.2, -0.15) is 0 Å². The summed E-state index contributed by atoms with van der Waals surface area (Å²) >= 11 is 13.2. The van der Waals surface area contributed by atoms with Gasteiger partial charge in [-0.3, -0.25) is 9.59 Å². The van der Waals surface area contributed by atoms with Crippen LogP contribution in [-0.4, -0.2) is 35.8 Å². The van der Waals surface area contributed by atoms with Gasteiger partial charge in [-0.1, -0.05) is 67.6 Å². The van der Waals surface area contributed by atoms with Crippen molar-refractivity contribution in [3.63, 3.8) is 0 Å². The average Bonchev–Trinajstić information content (AvgIpc) is 3.07. The van der Waals surface area contributed by atoms with E-state index in [1.165, 1.54) is 24.8 Å². The zero-order valence-corrected chi connectivity index (χ0v) is 22.7. The summed E-state index contributed by atoms with van der Waals surface area (Å²) in [6, 6.07) is 14.0. The summed E-state index contributed by atoms with van der Waals surface area (Å²) in [5, 5.41) is 4.56. The third kappa shape index (κ3) is 4.67. The van der Waals surface area contributed by atoms with Crippen LogP contribution in [0.4, 0.5) is 0 Å². The second-order valence-electron chi connectivity index (χ2n) is 11.2. The van der Waals surface area contributed by atoms with Gasteiger partial charge in [-0.15, -0.1) is 0 Å². The third-order valence-electron chi connectivity index (χ3n) is 8.99. The highest BCUT2D eigenvalue weighted by atomic mass is 35.5. The molecule has 0 spiro atoms. The fourth-order valence-corrected chi connectivity index (χ4v) is 7.55. The lowest BCUT2D eigenvalue weighted by Gasteiger charge is -2.46. The molecule has 2 amide bonds. The Hall–Kier alpha value is -2.04. The highest BCUT2D eigenvalue weighted by Crippen LogP contribution is 2.59. The molecular weight excluding hydrogens is 491 g/mol. The third-order valence-corrected chi connectivity index (χ3v) is 9.57. The van der Waals surface area contributed by atoms with Crippen LogP contribution in [-0.2, 0) is 4.79 Å². The van der Waals surface area contributed by atoms with Crippen LogP contribution in [0, 0.1) is 11.3 Å². The number of hydrogen-bond donors (Lipinski definition) is 1. The van der Waals surface area contributed by atoms with E-state index in [0.717, 1.165) is 44.3 Å². The van der Waals surface area contributed by atoms with E-state index in [-0.39, 0.29) is 35.6 Å². The van der Waals surface area contributed by atoms with Gasteiger partial charge >= 0.3 is 0 Å². The van der Waals surface area contributed by atoms with Crippen molar-refractivity contribution in [2.45, 2.75) is 76.7 Å². The van der Waals surface area contributed by atoms with Gasteiger partial charge in [0, 0.05) is 40.7 Å². The molecule has 3 aliphatic rings. The molecule has 4 nitrogen and oxygen atoms in total. The van der Waals surface area contributed by atoms with Crippen molar-refractivity contribution in [2.75, 3.05) is 13.1 Å². The molecule has 0 aromatic heterocycles. The number of hydrogen-bond acceptors (Lipinski definition) is 2. The van der Waals surface area contributed by atoms with E-state index < -0.39 is 5.41 Å². The molecule has 6 heteroatoms. The minimum absolute atomic E-state index is 0.0673. The fourth-order valence-electron chi connectivity index (χ4n) is 7.10. The van der Waals surface area contributed by atoms with E-state index in [2.05, 4.69) is 37.4 Å². The van der Waals surface area contributed by atoms with Gasteiger partial charge in [0.2, 0.25) is 5.91 Å². The van der Waals surface area contributed by atoms with Crippen LogP contribution in [0.2, 0.25) is 10.0 Å². The molecule has 36 heavy (non-hydrogen) atoms. The molecule has 2 aliphatic heterocycles. The molecule has 2 aromatic rings. The number of halogens is 2. The van der Waals surface area contributed by atoms with Gasteiger partial charge in [0.1, 0.15) is 0 Å². The number of benzene rings is 2. The van der Waals surface area contributed by atoms with Crippen LogP contribution in [0.25, 0.3) is 0 Å². The minimum atomic E-state index is -0.409. The first-order chi connectivity index (χ1) is 17.3. The van der Waals surface area contributed by atoms with Crippen molar-refractivity contribution >= 4 is 35.0 Å². The van der Waals surface area contributed by atoms with E-state index in [1.807, 2.05) is 29.2 Å². The van der Waals surface area contributed by atoms with E-state index >= 15 is 0 Å². The lowest BCUT2D eigenvalue weighted by molar-refractivity contribution is -0.129. The number of nitrogens with zero attached hydrogens (tertiary/aromatic N) is 1. The lowest BCUT2D eigenvalue weighted by Crippen LogP contribution is -2.42. The van der Waals surface area contributed by atoms with Gasteiger partial charge in [-0.25, -0.2) is 0 Å². The first-order valence-electron chi connectivity index (χ1n) is 13.4. The second kappa shape index (κ2) is 10.4. The number of rotatable bonds is 3. The number of likely N-dealkylation sites (tertiary alicyclic amines) is 1. The molecule has 1 aliphatic carbocycles. The van der Waals surface area contributed by atoms with Crippen molar-refractivity contribution < 1.29 is 9.59 Å². The number of carbonyl (C=O) groups excluding carboxylic acids is 2. The maximum absolute atomic E-state index is 13.3. The Morgan fingerprint density at radius 2 is 1.67 bits per heavy atom. The summed E-state index contributed by atoms with van der Waals surface area (Å²) in [5.74, 6) is 0.636. The van der Waals surface area contributed by atoms with Crippen LogP contribution >= 0.6 is 23.2 Å². The molecule has 0 unspecified atom stereocenters. The van der Waals surface area contributed by atoms with Crippen LogP contribution in [0.1, 0.15) is 92.1 Å². The highest BCUT2D eigenvalue weighted by Gasteiger charge is 2.57. The summed E-state index contributed by atoms with van der Waals surface area (Å²) in [5.41, 5.74) is 2.50. The maximum Gasteiger partial charge on any atom is 0.253 e. The molecular formula is C30H36Cl2N2O2. The molecule has 5 rings (SSSR count). The quantitative estimate of drug-likeness (QED) is 0.459. The Kier molecular flexibility index (Phi) is 7.38. The minimum Gasteiger partial charge on any atom is -0.353 e. The summed E-state index contributed by atoms with van der Waals surface area (Å²) in [6.07, 6.45) is 7.44. The summed E-state index contributed by atoms with van der Waals surface area (Å²) < 4.78 is 0. The number of carbonyl (C=O) groups is 2. The van der Waals surface area contributed by atoms with Gasteiger partial charge in [0.25, 0.3) is 5.91 Å². The number of amides is 2. The first kappa shape index (κ1) is 25.6. The molecule has 192 valence electrons. The lowest BCUT2D eigenvalue weighted by atomic mass is 9.56. The summed E-state index contributed by atoms with van der Waals surface area (Å²) in [6.45, 7) is 5.87. The Morgan fingerprint density at radius 1 is 1.00 bits per heavy atom. The van der Waals surface area contributed by atoms with Crippen LogP contribution in [0.3, 0.4) is 0 Å². The second-order valence-corrected chi connectivity index (χ2v) is 12.1. The molecule has 2 aromatic carbocycles. The largest absolute Gasteiger partial charge is 0.353 e. The number of nitrogens with one attached hydrogen (secondary N) is 1. The molecule has 5 atom stereocenters. The standard InChI is InChI=1S/C30H36Cl2N2O2/c1-19-27-26(20-8-11-22(31)12-9-20)24(14-15-30(27,2)29(36)33-19)23-13-10-21(18-25(23)32)28(35)34-16-6-4-3-5-7-17-34/h8-13,18-19,24,26-27H,3-7,14-17H2,1-2H3,(H,33,36)/t19-,24+,26+,27+,30-/m1/s1. The highest BCUT2D eigenvalue weighted by molar-refractivity contribution is 6.32. The molecule has 0 radical (unpaired) electrons.